The van der Waals surface area contributed by atoms with E-state index in [2.05, 4.69) is 0 Å². The Morgan fingerprint density at radius 1 is 1.33 bits per heavy atom. The Kier molecular flexibility index (Phi) is 5.33. The number of anilines is 1. The van der Waals surface area contributed by atoms with E-state index in [1.54, 1.807) is 0 Å². The molecule has 0 spiro atoms. The predicted octanol–water partition coefficient (Wildman–Crippen LogP) is -2.91. The van der Waals surface area contributed by atoms with Crippen LogP contribution in [0, 0.1) is 10.1 Å². The minimum Gasteiger partial charge on any atom is -0.744 e. The standard InChI is InChI=1S/C6H6N2O5S.K/c7-5-3-4(8(9)10)1-2-6(5)14(11,12)13;/h1-3H,7H2,(H,11,12,13);/q;+1/p-1. The molecule has 0 saturated heterocycles. The fraction of sp³-hybridized carbons (Fsp3) is 0. The van der Waals surface area contributed by atoms with Crippen LogP contribution in [0.25, 0.3) is 0 Å². The van der Waals surface area contributed by atoms with Gasteiger partial charge in [-0.3, -0.25) is 10.1 Å². The van der Waals surface area contributed by atoms with Crippen molar-refractivity contribution in [1.82, 2.24) is 0 Å². The number of hydrogen-bond acceptors (Lipinski definition) is 6. The van der Waals surface area contributed by atoms with Gasteiger partial charge in [0.2, 0.25) is 0 Å². The molecule has 0 aliphatic heterocycles. The number of nitrogens with two attached hydrogens (primary N) is 1. The molecule has 76 valence electrons. The van der Waals surface area contributed by atoms with Crippen molar-refractivity contribution in [2.45, 2.75) is 4.90 Å². The van der Waals surface area contributed by atoms with Gasteiger partial charge in [0.1, 0.15) is 10.1 Å². The third kappa shape index (κ3) is 3.79. The summed E-state index contributed by atoms with van der Waals surface area (Å²) in [5.74, 6) is 0. The molecule has 0 radical (unpaired) electrons. The SMILES string of the molecule is Nc1cc([N+](=O)[O-])ccc1S(=O)(=O)[O-].[K+]. The van der Waals surface area contributed by atoms with Crippen LogP contribution in [-0.2, 0) is 10.1 Å². The smallest absolute Gasteiger partial charge is 0.744 e. The number of benzene rings is 1. The molecule has 0 unspecified atom stereocenters. The molecule has 0 amide bonds. The van der Waals surface area contributed by atoms with E-state index in [1.165, 1.54) is 0 Å². The summed E-state index contributed by atoms with van der Waals surface area (Å²) in [6, 6.07) is 2.54. The number of nitro groups is 1. The first-order valence-corrected chi connectivity index (χ1v) is 4.73. The van der Waals surface area contributed by atoms with Crippen molar-refractivity contribution in [3.8, 4) is 0 Å². The number of rotatable bonds is 2. The van der Waals surface area contributed by atoms with Gasteiger partial charge in [0.15, 0.2) is 0 Å². The van der Waals surface area contributed by atoms with Crippen molar-refractivity contribution in [2.24, 2.45) is 0 Å². The molecule has 0 atom stereocenters. The molecule has 0 saturated carbocycles. The van der Waals surface area contributed by atoms with Crippen LogP contribution in [0.5, 0.6) is 0 Å². The quantitative estimate of drug-likeness (QED) is 0.199. The molecule has 1 aromatic rings. The summed E-state index contributed by atoms with van der Waals surface area (Å²) in [7, 11) is -4.67. The van der Waals surface area contributed by atoms with E-state index in [4.69, 9.17) is 5.73 Å². The minimum absolute atomic E-state index is 0. The molecule has 9 heteroatoms. The third-order valence-electron chi connectivity index (χ3n) is 1.47. The third-order valence-corrected chi connectivity index (χ3v) is 2.38. The van der Waals surface area contributed by atoms with Gasteiger partial charge in [-0.25, -0.2) is 8.42 Å². The van der Waals surface area contributed by atoms with Crippen molar-refractivity contribution in [3.63, 3.8) is 0 Å². The topological polar surface area (TPSA) is 126 Å². The van der Waals surface area contributed by atoms with E-state index in [9.17, 15) is 23.1 Å². The summed E-state index contributed by atoms with van der Waals surface area (Å²) >= 11 is 0. The van der Waals surface area contributed by atoms with Gasteiger partial charge in [-0.15, -0.1) is 0 Å². The molecule has 1 aromatic carbocycles. The van der Waals surface area contributed by atoms with Gasteiger partial charge in [0.25, 0.3) is 5.69 Å². The fourth-order valence-electron chi connectivity index (χ4n) is 0.877. The van der Waals surface area contributed by atoms with Crippen molar-refractivity contribution in [3.05, 3.63) is 28.3 Å². The number of nitro benzene ring substituents is 1. The molecule has 0 fully saturated rings. The van der Waals surface area contributed by atoms with Crippen LogP contribution in [0.1, 0.15) is 0 Å². The average molecular weight is 256 g/mol. The minimum atomic E-state index is -4.67. The van der Waals surface area contributed by atoms with Gasteiger partial charge in [-0.2, -0.15) is 0 Å². The van der Waals surface area contributed by atoms with Crippen LogP contribution < -0.4 is 57.1 Å². The number of hydrogen-bond donors (Lipinski definition) is 1. The molecular formula is C6H5KN2O5S. The maximum absolute atomic E-state index is 10.5. The van der Waals surface area contributed by atoms with E-state index in [0.717, 1.165) is 18.2 Å². The molecule has 0 aliphatic rings. The van der Waals surface area contributed by atoms with Gasteiger partial charge < -0.3 is 10.3 Å². The molecule has 1 rings (SSSR count). The zero-order valence-corrected chi connectivity index (χ0v) is 11.6. The largest absolute Gasteiger partial charge is 1.00 e. The Bertz CT molecular complexity index is 486. The molecule has 0 bridgehead atoms. The second kappa shape index (κ2) is 5.34. The van der Waals surface area contributed by atoms with Crippen molar-refractivity contribution >= 4 is 21.5 Å². The first-order valence-electron chi connectivity index (χ1n) is 3.32. The maximum atomic E-state index is 10.5. The van der Waals surface area contributed by atoms with Gasteiger partial charge in [-0.1, -0.05) is 0 Å². The summed E-state index contributed by atoms with van der Waals surface area (Å²) in [5.41, 5.74) is 4.37. The predicted molar refractivity (Wildman–Crippen MR) is 45.5 cm³/mol. The second-order valence-corrected chi connectivity index (χ2v) is 3.78. The Morgan fingerprint density at radius 3 is 2.20 bits per heavy atom. The Morgan fingerprint density at radius 2 is 1.87 bits per heavy atom. The molecule has 0 aliphatic carbocycles. The molecule has 2 N–H and O–H groups in total. The summed E-state index contributed by atoms with van der Waals surface area (Å²) in [5, 5.41) is 10.2. The summed E-state index contributed by atoms with van der Waals surface area (Å²) in [4.78, 5) is 8.85. The second-order valence-electron chi connectivity index (χ2n) is 2.43. The van der Waals surface area contributed by atoms with Crippen LogP contribution in [0.3, 0.4) is 0 Å². The van der Waals surface area contributed by atoms with E-state index < -0.39 is 25.6 Å². The first-order chi connectivity index (χ1) is 6.32. The normalized spacial score (nSPS) is 10.5. The number of non-ortho nitro benzene ring substituents is 1. The maximum Gasteiger partial charge on any atom is 1.00 e. The Labute approximate surface area is 128 Å². The van der Waals surface area contributed by atoms with Crippen LogP contribution in [0.4, 0.5) is 11.4 Å². The van der Waals surface area contributed by atoms with Gasteiger partial charge in [-0.05, 0) is 6.07 Å². The Hall–Kier alpha value is -0.0336. The molecule has 15 heavy (non-hydrogen) atoms. The average Bonchev–Trinajstić information content (AvgIpc) is 2.01. The van der Waals surface area contributed by atoms with Crippen LogP contribution in [-0.4, -0.2) is 17.9 Å². The van der Waals surface area contributed by atoms with Crippen molar-refractivity contribution in [1.29, 1.82) is 0 Å². The summed E-state index contributed by atoms with van der Waals surface area (Å²) < 4.78 is 31.6. The van der Waals surface area contributed by atoms with Gasteiger partial charge in [0.05, 0.1) is 15.5 Å². The molecular weight excluding hydrogens is 251 g/mol. The number of nitrogens with zero attached hydrogens (tertiary/aromatic N) is 1. The molecule has 0 heterocycles. The van der Waals surface area contributed by atoms with E-state index in [-0.39, 0.29) is 57.1 Å². The van der Waals surface area contributed by atoms with E-state index in [1.807, 2.05) is 0 Å². The Balaban J connectivity index is 0.00000196. The summed E-state index contributed by atoms with van der Waals surface area (Å²) in [6.07, 6.45) is 0. The fourth-order valence-corrected chi connectivity index (χ4v) is 1.46. The van der Waals surface area contributed by atoms with E-state index >= 15 is 0 Å². The monoisotopic (exact) mass is 256 g/mol. The van der Waals surface area contributed by atoms with Gasteiger partial charge >= 0.3 is 51.4 Å². The van der Waals surface area contributed by atoms with Crippen LogP contribution >= 0.6 is 0 Å². The first kappa shape index (κ1) is 15.0. The van der Waals surface area contributed by atoms with E-state index in [0.29, 0.717) is 0 Å². The molecule has 7 nitrogen and oxygen atoms in total. The zero-order valence-electron chi connectivity index (χ0n) is 7.71. The zero-order chi connectivity index (χ0) is 10.9. The number of nitrogen functional groups attached to an aromatic ring is 1. The summed E-state index contributed by atoms with van der Waals surface area (Å²) in [6.45, 7) is 0. The molecule has 0 aromatic heterocycles. The van der Waals surface area contributed by atoms with Crippen molar-refractivity contribution in [2.75, 3.05) is 5.73 Å². The van der Waals surface area contributed by atoms with Crippen LogP contribution in [0.15, 0.2) is 23.1 Å². The van der Waals surface area contributed by atoms with Crippen molar-refractivity contribution < 1.29 is 69.3 Å². The van der Waals surface area contributed by atoms with Gasteiger partial charge in [0, 0.05) is 12.1 Å². The van der Waals surface area contributed by atoms with Crippen LogP contribution in [0.2, 0.25) is 0 Å².